The maximum absolute atomic E-state index is 13.0. The van der Waals surface area contributed by atoms with Crippen molar-refractivity contribution < 1.29 is 23.5 Å². The first kappa shape index (κ1) is 26.2. The van der Waals surface area contributed by atoms with Crippen LogP contribution in [0.15, 0.2) is 28.6 Å². The van der Waals surface area contributed by atoms with E-state index in [4.69, 9.17) is 4.74 Å². The Morgan fingerprint density at radius 1 is 1.11 bits per heavy atom. The molecule has 2 aromatic heterocycles. The van der Waals surface area contributed by atoms with Gasteiger partial charge in [-0.2, -0.15) is 0 Å². The van der Waals surface area contributed by atoms with Gasteiger partial charge in [0.25, 0.3) is 0 Å². The van der Waals surface area contributed by atoms with Crippen LogP contribution in [-0.4, -0.2) is 39.8 Å². The molecular weight excluding hydrogens is 523 g/mol. The Balaban J connectivity index is 1.36. The fourth-order valence-corrected chi connectivity index (χ4v) is 6.94. The monoisotopic (exact) mass is 548 g/mol. The van der Waals surface area contributed by atoms with Crippen molar-refractivity contribution in [1.82, 2.24) is 10.2 Å². The number of aryl methyl sites for hydroxylation is 1. The maximum atomic E-state index is 13.0. The van der Waals surface area contributed by atoms with Crippen LogP contribution >= 0.6 is 34.4 Å². The number of thiophene rings is 1. The number of esters is 1. The zero-order valence-electron chi connectivity index (χ0n) is 19.8. The average molecular weight is 549 g/mol. The summed E-state index contributed by atoms with van der Waals surface area (Å²) in [6, 6.07) is 5.70. The molecule has 0 radical (unpaired) electrons. The van der Waals surface area contributed by atoms with Crippen molar-refractivity contribution in [3.63, 3.8) is 0 Å². The van der Waals surface area contributed by atoms with Gasteiger partial charge in [0, 0.05) is 4.88 Å². The Morgan fingerprint density at radius 3 is 2.61 bits per heavy atom. The summed E-state index contributed by atoms with van der Waals surface area (Å²) >= 11 is 3.82. The van der Waals surface area contributed by atoms with Gasteiger partial charge < -0.3 is 15.4 Å². The van der Waals surface area contributed by atoms with Crippen LogP contribution in [-0.2, 0) is 33.6 Å². The smallest absolute Gasteiger partial charge is 0.341 e. The van der Waals surface area contributed by atoms with Gasteiger partial charge in [-0.3, -0.25) is 9.59 Å². The Bertz CT molecular complexity index is 1260. The van der Waals surface area contributed by atoms with Crippen molar-refractivity contribution in [2.24, 2.45) is 0 Å². The predicted molar refractivity (Wildman–Crippen MR) is 140 cm³/mol. The number of ether oxygens (including phenoxy) is 1. The van der Waals surface area contributed by atoms with Crippen molar-refractivity contribution in [3.8, 4) is 0 Å². The predicted octanol–water partition coefficient (Wildman–Crippen LogP) is 5.09. The summed E-state index contributed by atoms with van der Waals surface area (Å²) in [5.74, 6) is -1.33. The number of benzene rings is 1. The maximum Gasteiger partial charge on any atom is 0.341 e. The molecule has 2 heterocycles. The van der Waals surface area contributed by atoms with Crippen LogP contribution in [0, 0.1) is 5.82 Å². The number of carbonyl (C=O) groups excluding carboxylic acids is 3. The molecule has 0 saturated heterocycles. The second kappa shape index (κ2) is 11.9. The van der Waals surface area contributed by atoms with Gasteiger partial charge >= 0.3 is 5.97 Å². The molecular formula is C24H25FN4O4S3. The number of anilines is 2. The van der Waals surface area contributed by atoms with Gasteiger partial charge in [-0.05, 0) is 62.8 Å². The second-order valence-corrected chi connectivity index (χ2v) is 11.8. The summed E-state index contributed by atoms with van der Waals surface area (Å²) < 4.78 is 18.8. The molecule has 1 aliphatic rings. The molecule has 0 fully saturated rings. The molecule has 0 saturated carbocycles. The van der Waals surface area contributed by atoms with Crippen LogP contribution in [0.1, 0.15) is 53.1 Å². The minimum atomic E-state index is -0.519. The largest absolute Gasteiger partial charge is 0.462 e. The van der Waals surface area contributed by atoms with Crippen LogP contribution < -0.4 is 10.6 Å². The molecule has 0 aliphatic heterocycles. The number of hydrogen-bond donors (Lipinski definition) is 2. The highest BCUT2D eigenvalue weighted by Crippen LogP contribution is 2.39. The molecule has 2 amide bonds. The third-order valence-electron chi connectivity index (χ3n) is 5.47. The van der Waals surface area contributed by atoms with E-state index in [-0.39, 0.29) is 30.7 Å². The third kappa shape index (κ3) is 6.48. The van der Waals surface area contributed by atoms with E-state index in [1.807, 2.05) is 0 Å². The highest BCUT2D eigenvalue weighted by atomic mass is 32.2. The van der Waals surface area contributed by atoms with E-state index in [0.717, 1.165) is 47.5 Å². The van der Waals surface area contributed by atoms with E-state index in [0.29, 0.717) is 25.6 Å². The van der Waals surface area contributed by atoms with E-state index in [9.17, 15) is 18.8 Å². The highest BCUT2D eigenvalue weighted by Gasteiger charge is 2.28. The van der Waals surface area contributed by atoms with Crippen molar-refractivity contribution in [3.05, 3.63) is 51.7 Å². The second-order valence-electron chi connectivity index (χ2n) is 8.11. The first-order chi connectivity index (χ1) is 17.3. The number of halogens is 1. The molecule has 0 bridgehead atoms. The number of nitrogens with one attached hydrogen (secondary N) is 2. The van der Waals surface area contributed by atoms with E-state index in [1.54, 1.807) is 26.0 Å². The van der Waals surface area contributed by atoms with Gasteiger partial charge in [-0.25, -0.2) is 9.18 Å². The number of carbonyl (C=O) groups is 3. The van der Waals surface area contributed by atoms with E-state index >= 15 is 0 Å². The molecule has 1 atom stereocenters. The lowest BCUT2D eigenvalue weighted by atomic mass is 9.95. The number of hydrogen-bond acceptors (Lipinski definition) is 9. The lowest BCUT2D eigenvalue weighted by Gasteiger charge is -2.13. The van der Waals surface area contributed by atoms with Gasteiger partial charge in [-0.1, -0.05) is 35.2 Å². The summed E-state index contributed by atoms with van der Waals surface area (Å²) in [5.41, 5.74) is 2.14. The van der Waals surface area contributed by atoms with Crippen LogP contribution in [0.4, 0.5) is 14.5 Å². The molecule has 4 rings (SSSR count). The molecule has 3 aromatic rings. The standard InChI is InChI=1S/C24H25FN4O4S3/c1-3-33-22(32)19-16-6-4-5-7-17(16)35-21(19)27-20(31)13(2)34-24-29-28-23(36-24)26-18(30)12-14-8-10-15(25)11-9-14/h8-11,13H,3-7,12H2,1-2H3,(H,27,31)(H,26,28,30). The summed E-state index contributed by atoms with van der Waals surface area (Å²) in [6.07, 6.45) is 3.85. The molecule has 1 unspecified atom stereocenters. The van der Waals surface area contributed by atoms with Crippen molar-refractivity contribution in [2.45, 2.75) is 55.5 Å². The lowest BCUT2D eigenvalue weighted by molar-refractivity contribution is -0.116. The number of rotatable bonds is 9. The quantitative estimate of drug-likeness (QED) is 0.218. The number of aromatic nitrogens is 2. The first-order valence-corrected chi connectivity index (χ1v) is 14.0. The van der Waals surface area contributed by atoms with Crippen molar-refractivity contribution >= 4 is 62.4 Å². The van der Waals surface area contributed by atoms with E-state index < -0.39 is 11.2 Å². The van der Waals surface area contributed by atoms with Gasteiger partial charge in [0.2, 0.25) is 16.9 Å². The topological polar surface area (TPSA) is 110 Å². The average Bonchev–Trinajstić information content (AvgIpc) is 3.44. The van der Waals surface area contributed by atoms with Gasteiger partial charge in [-0.15, -0.1) is 21.5 Å². The molecule has 1 aliphatic carbocycles. The Labute approximate surface area is 220 Å². The zero-order chi connectivity index (χ0) is 25.7. The van der Waals surface area contributed by atoms with Crippen molar-refractivity contribution in [1.29, 1.82) is 0 Å². The third-order valence-corrected chi connectivity index (χ3v) is 8.70. The first-order valence-electron chi connectivity index (χ1n) is 11.5. The molecule has 190 valence electrons. The number of fused-ring (bicyclic) bond motifs is 1. The molecule has 8 nitrogen and oxygen atoms in total. The van der Waals surface area contributed by atoms with E-state index in [2.05, 4.69) is 20.8 Å². The van der Waals surface area contributed by atoms with Crippen LogP contribution in [0.25, 0.3) is 0 Å². The molecule has 12 heteroatoms. The SMILES string of the molecule is CCOC(=O)c1c(NC(=O)C(C)Sc2nnc(NC(=O)Cc3ccc(F)cc3)s2)sc2c1CCCC2. The summed E-state index contributed by atoms with van der Waals surface area (Å²) in [5, 5.41) is 13.9. The summed E-state index contributed by atoms with van der Waals surface area (Å²) in [6.45, 7) is 3.77. The molecule has 36 heavy (non-hydrogen) atoms. The minimum Gasteiger partial charge on any atom is -0.462 e. The number of nitrogens with zero attached hydrogens (tertiary/aromatic N) is 2. The lowest BCUT2D eigenvalue weighted by Crippen LogP contribution is -2.23. The van der Waals surface area contributed by atoms with Gasteiger partial charge in [0.15, 0.2) is 4.34 Å². The Kier molecular flexibility index (Phi) is 8.70. The molecule has 0 spiro atoms. The number of amides is 2. The van der Waals surface area contributed by atoms with Crippen LogP contribution in [0.5, 0.6) is 0 Å². The molecule has 2 N–H and O–H groups in total. The summed E-state index contributed by atoms with van der Waals surface area (Å²) in [7, 11) is 0. The van der Waals surface area contributed by atoms with Gasteiger partial charge in [0.1, 0.15) is 10.8 Å². The fraction of sp³-hybridized carbons (Fsp3) is 0.375. The van der Waals surface area contributed by atoms with E-state index in [1.165, 1.54) is 35.2 Å². The van der Waals surface area contributed by atoms with Crippen molar-refractivity contribution in [2.75, 3.05) is 17.2 Å². The van der Waals surface area contributed by atoms with Crippen LogP contribution in [0.3, 0.4) is 0 Å². The normalized spacial score (nSPS) is 13.5. The molecule has 1 aromatic carbocycles. The minimum absolute atomic E-state index is 0.0781. The fourth-order valence-electron chi connectivity index (χ4n) is 3.75. The van der Waals surface area contributed by atoms with Gasteiger partial charge in [0.05, 0.1) is 23.8 Å². The Hall–Kier alpha value is -2.83. The number of thioether (sulfide) groups is 1. The zero-order valence-corrected chi connectivity index (χ0v) is 22.2. The van der Waals surface area contributed by atoms with Crippen LogP contribution in [0.2, 0.25) is 0 Å². The highest BCUT2D eigenvalue weighted by molar-refractivity contribution is 8.02. The summed E-state index contributed by atoms with van der Waals surface area (Å²) in [4.78, 5) is 39.0. The Morgan fingerprint density at radius 2 is 1.86 bits per heavy atom.